The highest BCUT2D eigenvalue weighted by atomic mass is 32.2. The summed E-state index contributed by atoms with van der Waals surface area (Å²) in [5.41, 5.74) is -0.292. The van der Waals surface area contributed by atoms with Crippen molar-refractivity contribution in [1.29, 1.82) is 0 Å². The van der Waals surface area contributed by atoms with E-state index < -0.39 is 16.0 Å². The number of hydrogen-bond acceptors (Lipinski definition) is 5. The van der Waals surface area contributed by atoms with Gasteiger partial charge >= 0.3 is 5.97 Å². The fourth-order valence-corrected chi connectivity index (χ4v) is 5.53. The van der Waals surface area contributed by atoms with Gasteiger partial charge in [-0.1, -0.05) is 12.8 Å². The summed E-state index contributed by atoms with van der Waals surface area (Å²) in [5.74, 6) is -0.604. The van der Waals surface area contributed by atoms with Crippen LogP contribution in [0.15, 0.2) is 32.1 Å². The van der Waals surface area contributed by atoms with Gasteiger partial charge in [-0.15, -0.1) is 0 Å². The van der Waals surface area contributed by atoms with Crippen molar-refractivity contribution in [1.82, 2.24) is 4.31 Å². The van der Waals surface area contributed by atoms with Crippen molar-refractivity contribution < 1.29 is 27.2 Å². The van der Waals surface area contributed by atoms with E-state index in [9.17, 15) is 18.3 Å². The molecule has 3 rings (SSSR count). The first kappa shape index (κ1) is 17.8. The monoisotopic (exact) mass is 367 g/mol. The predicted octanol–water partition coefficient (Wildman–Crippen LogP) is 3.32. The SMILES string of the molecule is Cc1oc(C)c(S(=O)(=O)N(Cc2ccco2)C2CCCC2)c1C(=O)O. The molecule has 0 amide bonds. The maximum Gasteiger partial charge on any atom is 0.340 e. The lowest BCUT2D eigenvalue weighted by Crippen LogP contribution is -2.38. The molecule has 0 atom stereocenters. The van der Waals surface area contributed by atoms with Crippen LogP contribution in [0.3, 0.4) is 0 Å². The summed E-state index contributed by atoms with van der Waals surface area (Å²) < 4.78 is 38.7. The van der Waals surface area contributed by atoms with Gasteiger partial charge in [-0.3, -0.25) is 0 Å². The van der Waals surface area contributed by atoms with Gasteiger partial charge in [0.05, 0.1) is 12.8 Å². The molecule has 0 spiro atoms. The predicted molar refractivity (Wildman–Crippen MR) is 88.8 cm³/mol. The summed E-state index contributed by atoms with van der Waals surface area (Å²) in [6.45, 7) is 3.01. The Morgan fingerprint density at radius 1 is 1.28 bits per heavy atom. The number of carbonyl (C=O) groups is 1. The summed E-state index contributed by atoms with van der Waals surface area (Å²) in [6.07, 6.45) is 4.88. The molecule has 1 N–H and O–H groups in total. The molecular formula is C17H21NO6S. The van der Waals surface area contributed by atoms with Gasteiger partial charge in [0.1, 0.15) is 27.7 Å². The highest BCUT2D eigenvalue weighted by molar-refractivity contribution is 7.89. The number of nitrogens with zero attached hydrogens (tertiary/aromatic N) is 1. The number of aromatic carboxylic acids is 1. The second-order valence-corrected chi connectivity index (χ2v) is 8.12. The molecule has 0 radical (unpaired) electrons. The lowest BCUT2D eigenvalue weighted by Gasteiger charge is -2.27. The maximum atomic E-state index is 13.4. The molecule has 136 valence electrons. The normalized spacial score (nSPS) is 16.0. The van der Waals surface area contributed by atoms with Crippen LogP contribution < -0.4 is 0 Å². The van der Waals surface area contributed by atoms with Crippen molar-refractivity contribution in [2.24, 2.45) is 0 Å². The largest absolute Gasteiger partial charge is 0.478 e. The Bertz CT molecular complexity index is 859. The quantitative estimate of drug-likeness (QED) is 0.840. The van der Waals surface area contributed by atoms with Crippen molar-refractivity contribution in [2.45, 2.75) is 57.0 Å². The topological polar surface area (TPSA) is 101 Å². The van der Waals surface area contributed by atoms with E-state index in [-0.39, 0.29) is 34.6 Å². The molecule has 25 heavy (non-hydrogen) atoms. The molecule has 0 aromatic carbocycles. The molecule has 2 aromatic heterocycles. The van der Waals surface area contributed by atoms with Crippen LogP contribution in [-0.2, 0) is 16.6 Å². The summed E-state index contributed by atoms with van der Waals surface area (Å²) in [6, 6.07) is 3.24. The minimum Gasteiger partial charge on any atom is -0.478 e. The average molecular weight is 367 g/mol. The average Bonchev–Trinajstić information content (AvgIpc) is 3.24. The van der Waals surface area contributed by atoms with Crippen molar-refractivity contribution >= 4 is 16.0 Å². The molecule has 7 nitrogen and oxygen atoms in total. The van der Waals surface area contributed by atoms with E-state index in [1.54, 1.807) is 12.1 Å². The van der Waals surface area contributed by atoms with Crippen LogP contribution in [0.1, 0.15) is 53.3 Å². The number of furan rings is 2. The smallest absolute Gasteiger partial charge is 0.340 e. The first-order valence-electron chi connectivity index (χ1n) is 8.20. The Hall–Kier alpha value is -2.06. The lowest BCUT2D eigenvalue weighted by atomic mass is 10.2. The Balaban J connectivity index is 2.09. The molecular weight excluding hydrogens is 346 g/mol. The van der Waals surface area contributed by atoms with Crippen LogP contribution in [0.5, 0.6) is 0 Å². The minimum absolute atomic E-state index is 0.0721. The zero-order valence-electron chi connectivity index (χ0n) is 14.2. The highest BCUT2D eigenvalue weighted by Crippen LogP contribution is 2.35. The minimum atomic E-state index is -4.05. The van der Waals surface area contributed by atoms with Crippen LogP contribution in [0.2, 0.25) is 0 Å². The van der Waals surface area contributed by atoms with Crippen molar-refractivity contribution in [3.63, 3.8) is 0 Å². The van der Waals surface area contributed by atoms with Gasteiger partial charge in [-0.25, -0.2) is 13.2 Å². The molecule has 2 aromatic rings. The van der Waals surface area contributed by atoms with E-state index in [0.29, 0.717) is 5.76 Å². The Labute approximate surface area is 146 Å². The Morgan fingerprint density at radius 2 is 1.96 bits per heavy atom. The molecule has 0 aliphatic heterocycles. The fraction of sp³-hybridized carbons (Fsp3) is 0.471. The number of carboxylic acids is 1. The van der Waals surface area contributed by atoms with Gasteiger partial charge in [0.2, 0.25) is 10.0 Å². The molecule has 1 saturated carbocycles. The summed E-state index contributed by atoms with van der Waals surface area (Å²) in [4.78, 5) is 11.3. The first-order valence-corrected chi connectivity index (χ1v) is 9.64. The number of carboxylic acid groups (broad SMARTS) is 1. The van der Waals surface area contributed by atoms with Gasteiger partial charge in [0.25, 0.3) is 0 Å². The third-order valence-electron chi connectivity index (χ3n) is 4.61. The number of rotatable bonds is 6. The molecule has 1 aliphatic rings. The van der Waals surface area contributed by atoms with E-state index in [4.69, 9.17) is 8.83 Å². The Morgan fingerprint density at radius 3 is 2.52 bits per heavy atom. The second-order valence-electron chi connectivity index (χ2n) is 6.29. The highest BCUT2D eigenvalue weighted by Gasteiger charge is 2.39. The molecule has 1 aliphatic carbocycles. The number of hydrogen-bond donors (Lipinski definition) is 1. The fourth-order valence-electron chi connectivity index (χ4n) is 3.50. The van der Waals surface area contributed by atoms with E-state index >= 15 is 0 Å². The van der Waals surface area contributed by atoms with E-state index in [0.717, 1.165) is 25.7 Å². The lowest BCUT2D eigenvalue weighted by molar-refractivity contribution is 0.0691. The van der Waals surface area contributed by atoms with Gasteiger partial charge in [-0.2, -0.15) is 4.31 Å². The molecule has 8 heteroatoms. The van der Waals surface area contributed by atoms with Crippen LogP contribution in [0.4, 0.5) is 0 Å². The van der Waals surface area contributed by atoms with Crippen molar-refractivity contribution in [2.75, 3.05) is 0 Å². The Kier molecular flexibility index (Phi) is 4.75. The number of aryl methyl sites for hydroxylation is 2. The van der Waals surface area contributed by atoms with Crippen LogP contribution in [-0.4, -0.2) is 29.8 Å². The van der Waals surface area contributed by atoms with Gasteiger partial charge in [0, 0.05) is 6.04 Å². The van der Waals surface area contributed by atoms with Crippen LogP contribution in [0, 0.1) is 13.8 Å². The molecule has 1 fully saturated rings. The second kappa shape index (κ2) is 6.68. The standard InChI is InChI=1S/C17H21NO6S/c1-11-15(17(19)20)16(12(2)24-11)25(21,22)18(13-6-3-4-7-13)10-14-8-5-9-23-14/h5,8-9,13H,3-4,6-7,10H2,1-2H3,(H,19,20). The third-order valence-corrected chi connectivity index (χ3v) is 6.66. The van der Waals surface area contributed by atoms with E-state index in [1.165, 1.54) is 24.4 Å². The maximum absolute atomic E-state index is 13.4. The summed E-state index contributed by atoms with van der Waals surface area (Å²) in [7, 11) is -4.05. The van der Waals surface area contributed by atoms with E-state index in [2.05, 4.69) is 0 Å². The van der Waals surface area contributed by atoms with Crippen molar-refractivity contribution in [3.05, 3.63) is 41.2 Å². The van der Waals surface area contributed by atoms with Crippen LogP contribution >= 0.6 is 0 Å². The van der Waals surface area contributed by atoms with Crippen molar-refractivity contribution in [3.8, 4) is 0 Å². The number of sulfonamides is 1. The molecule has 0 bridgehead atoms. The first-order chi connectivity index (χ1) is 11.8. The van der Waals surface area contributed by atoms with Gasteiger partial charge in [0.15, 0.2) is 0 Å². The van der Waals surface area contributed by atoms with Crippen LogP contribution in [0.25, 0.3) is 0 Å². The zero-order chi connectivity index (χ0) is 18.2. The molecule has 2 heterocycles. The van der Waals surface area contributed by atoms with Gasteiger partial charge in [-0.05, 0) is 38.8 Å². The third kappa shape index (κ3) is 3.23. The molecule has 0 unspecified atom stereocenters. The van der Waals surface area contributed by atoms with E-state index in [1.807, 2.05) is 0 Å². The van der Waals surface area contributed by atoms with Gasteiger partial charge < -0.3 is 13.9 Å². The molecule has 0 saturated heterocycles. The summed E-state index contributed by atoms with van der Waals surface area (Å²) >= 11 is 0. The summed E-state index contributed by atoms with van der Waals surface area (Å²) in [5, 5.41) is 9.47. The zero-order valence-corrected chi connectivity index (χ0v) is 15.0.